The fraction of sp³-hybridized carbons (Fsp3) is 0.538. The summed E-state index contributed by atoms with van der Waals surface area (Å²) in [5.41, 5.74) is 0. The molecule has 0 aliphatic carbocycles. The minimum Gasteiger partial charge on any atom is -0.466 e. The van der Waals surface area contributed by atoms with Crippen molar-refractivity contribution in [2.24, 2.45) is 5.92 Å². The normalized spacial score (nSPS) is 19.3. The lowest BCUT2D eigenvalue weighted by Crippen LogP contribution is -2.42. The number of nitrogens with zero attached hydrogens (tertiary/aromatic N) is 1. The number of likely N-dealkylation sites (tertiary alicyclic amines) is 1. The first-order valence-corrected chi connectivity index (χ1v) is 7.94. The lowest BCUT2D eigenvalue weighted by molar-refractivity contribution is -0.149. The van der Waals surface area contributed by atoms with Gasteiger partial charge in [-0.15, -0.1) is 11.3 Å². The molecule has 1 aromatic heterocycles. The van der Waals surface area contributed by atoms with Gasteiger partial charge in [0.2, 0.25) is 0 Å². The molecule has 104 valence electrons. The van der Waals surface area contributed by atoms with Crippen LogP contribution >= 0.6 is 27.3 Å². The van der Waals surface area contributed by atoms with Gasteiger partial charge in [-0.25, -0.2) is 0 Å². The van der Waals surface area contributed by atoms with E-state index in [1.807, 2.05) is 12.1 Å². The lowest BCUT2D eigenvalue weighted by Gasteiger charge is -2.31. The molecule has 0 spiro atoms. The minimum atomic E-state index is -0.188. The highest BCUT2D eigenvalue weighted by Crippen LogP contribution is 2.25. The quantitative estimate of drug-likeness (QED) is 0.791. The second kappa shape index (κ2) is 6.52. The Morgan fingerprint density at radius 2 is 2.32 bits per heavy atom. The molecule has 2 heterocycles. The number of hydrogen-bond donors (Lipinski definition) is 0. The number of esters is 1. The third kappa shape index (κ3) is 3.57. The molecule has 1 amide bonds. The predicted molar refractivity (Wildman–Crippen MR) is 77.3 cm³/mol. The first-order chi connectivity index (χ1) is 9.11. The maximum absolute atomic E-state index is 12.3. The van der Waals surface area contributed by atoms with E-state index in [4.69, 9.17) is 4.74 Å². The molecule has 0 unspecified atom stereocenters. The summed E-state index contributed by atoms with van der Waals surface area (Å²) in [6, 6.07) is 3.68. The Kier molecular flexibility index (Phi) is 4.99. The summed E-state index contributed by atoms with van der Waals surface area (Å²) in [7, 11) is 0. The highest BCUT2D eigenvalue weighted by Gasteiger charge is 2.30. The van der Waals surface area contributed by atoms with E-state index in [0.717, 1.165) is 16.6 Å². The van der Waals surface area contributed by atoms with Crippen LogP contribution in [0, 0.1) is 5.92 Å². The smallest absolute Gasteiger partial charge is 0.310 e. The van der Waals surface area contributed by atoms with Gasteiger partial charge in [0.05, 0.1) is 21.2 Å². The largest absolute Gasteiger partial charge is 0.466 e. The van der Waals surface area contributed by atoms with Crippen LogP contribution < -0.4 is 0 Å². The Morgan fingerprint density at radius 1 is 1.53 bits per heavy atom. The average molecular weight is 346 g/mol. The summed E-state index contributed by atoms with van der Waals surface area (Å²) in [6.07, 6.45) is 1.65. The monoisotopic (exact) mass is 345 g/mol. The van der Waals surface area contributed by atoms with Crippen molar-refractivity contribution < 1.29 is 14.3 Å². The van der Waals surface area contributed by atoms with Crippen LogP contribution in [0.4, 0.5) is 0 Å². The summed E-state index contributed by atoms with van der Waals surface area (Å²) >= 11 is 4.77. The highest BCUT2D eigenvalue weighted by molar-refractivity contribution is 9.11. The van der Waals surface area contributed by atoms with Crippen LogP contribution in [0.1, 0.15) is 29.4 Å². The molecule has 0 saturated carbocycles. The standard InChI is InChI=1S/C13H16BrNO3S/c1-2-18-13(17)9-4-3-7-15(8-9)12(16)10-5-6-11(14)19-10/h5-6,9H,2-4,7-8H2,1H3/t9-/m0/s1. The van der Waals surface area contributed by atoms with Crippen molar-refractivity contribution in [3.05, 3.63) is 20.8 Å². The van der Waals surface area contributed by atoms with E-state index in [1.54, 1.807) is 11.8 Å². The molecule has 4 nitrogen and oxygen atoms in total. The van der Waals surface area contributed by atoms with E-state index in [9.17, 15) is 9.59 Å². The third-order valence-corrected chi connectivity index (χ3v) is 4.72. The van der Waals surface area contributed by atoms with Crippen LogP contribution in [0.15, 0.2) is 15.9 Å². The van der Waals surface area contributed by atoms with Crippen molar-refractivity contribution in [2.45, 2.75) is 19.8 Å². The molecule has 1 atom stereocenters. The van der Waals surface area contributed by atoms with Crippen LogP contribution in [0.3, 0.4) is 0 Å². The van der Waals surface area contributed by atoms with E-state index in [0.29, 0.717) is 24.6 Å². The second-order valence-electron chi connectivity index (χ2n) is 4.45. The highest BCUT2D eigenvalue weighted by atomic mass is 79.9. The van der Waals surface area contributed by atoms with Gasteiger partial charge in [0.25, 0.3) is 5.91 Å². The molecular weight excluding hydrogens is 330 g/mol. The van der Waals surface area contributed by atoms with E-state index in [-0.39, 0.29) is 17.8 Å². The van der Waals surface area contributed by atoms with Crippen LogP contribution in [-0.2, 0) is 9.53 Å². The van der Waals surface area contributed by atoms with Gasteiger partial charge in [-0.1, -0.05) is 0 Å². The Bertz CT molecular complexity index is 474. The molecule has 1 saturated heterocycles. The number of halogens is 1. The first kappa shape index (κ1) is 14.5. The average Bonchev–Trinajstić information content (AvgIpc) is 2.85. The molecule has 6 heteroatoms. The molecule has 19 heavy (non-hydrogen) atoms. The molecular formula is C13H16BrNO3S. The molecule has 2 rings (SSSR count). The number of carbonyl (C=O) groups excluding carboxylic acids is 2. The fourth-order valence-electron chi connectivity index (χ4n) is 2.20. The summed E-state index contributed by atoms with van der Waals surface area (Å²) < 4.78 is 5.98. The zero-order chi connectivity index (χ0) is 13.8. The molecule has 1 aliphatic heterocycles. The van der Waals surface area contributed by atoms with Gasteiger partial charge in [0.1, 0.15) is 0 Å². The van der Waals surface area contributed by atoms with Crippen molar-refractivity contribution in [1.29, 1.82) is 0 Å². The summed E-state index contributed by atoms with van der Waals surface area (Å²) in [6.45, 7) is 3.37. The van der Waals surface area contributed by atoms with E-state index < -0.39 is 0 Å². The number of rotatable bonds is 3. The number of thiophene rings is 1. The van der Waals surface area contributed by atoms with Gasteiger partial charge >= 0.3 is 5.97 Å². The fourth-order valence-corrected chi connectivity index (χ4v) is 3.55. The molecule has 0 bridgehead atoms. The zero-order valence-electron chi connectivity index (χ0n) is 10.7. The topological polar surface area (TPSA) is 46.6 Å². The van der Waals surface area contributed by atoms with Crippen LogP contribution in [-0.4, -0.2) is 36.5 Å². The molecule has 0 N–H and O–H groups in total. The van der Waals surface area contributed by atoms with Crippen LogP contribution in [0.5, 0.6) is 0 Å². The molecule has 0 aromatic carbocycles. The van der Waals surface area contributed by atoms with Crippen molar-refractivity contribution in [3.63, 3.8) is 0 Å². The van der Waals surface area contributed by atoms with Gasteiger partial charge < -0.3 is 9.64 Å². The molecule has 0 radical (unpaired) electrons. The van der Waals surface area contributed by atoms with Crippen molar-refractivity contribution in [3.8, 4) is 0 Å². The molecule has 1 fully saturated rings. The summed E-state index contributed by atoms with van der Waals surface area (Å²) in [5, 5.41) is 0. The third-order valence-electron chi connectivity index (χ3n) is 3.11. The minimum absolute atomic E-state index is 0.00435. The number of amides is 1. The Morgan fingerprint density at radius 3 is 2.95 bits per heavy atom. The van der Waals surface area contributed by atoms with Gasteiger partial charge in [0.15, 0.2) is 0 Å². The van der Waals surface area contributed by atoms with Gasteiger partial charge in [0, 0.05) is 13.1 Å². The predicted octanol–water partition coefficient (Wildman–Crippen LogP) is 2.93. The van der Waals surface area contributed by atoms with E-state index in [2.05, 4.69) is 15.9 Å². The van der Waals surface area contributed by atoms with Crippen molar-refractivity contribution in [2.75, 3.05) is 19.7 Å². The van der Waals surface area contributed by atoms with Gasteiger partial charge in [-0.3, -0.25) is 9.59 Å². The number of carbonyl (C=O) groups is 2. The van der Waals surface area contributed by atoms with Crippen LogP contribution in [0.25, 0.3) is 0 Å². The summed E-state index contributed by atoms with van der Waals surface area (Å²) in [4.78, 5) is 26.5. The molecule has 1 aromatic rings. The second-order valence-corrected chi connectivity index (χ2v) is 6.91. The maximum Gasteiger partial charge on any atom is 0.310 e. The Labute approximate surface area is 124 Å². The summed E-state index contributed by atoms with van der Waals surface area (Å²) in [5.74, 6) is -0.363. The number of hydrogen-bond acceptors (Lipinski definition) is 4. The van der Waals surface area contributed by atoms with Crippen molar-refractivity contribution in [1.82, 2.24) is 4.90 Å². The van der Waals surface area contributed by atoms with Gasteiger partial charge in [-0.05, 0) is 47.8 Å². The van der Waals surface area contributed by atoms with Crippen LogP contribution in [0.2, 0.25) is 0 Å². The lowest BCUT2D eigenvalue weighted by atomic mass is 9.98. The SMILES string of the molecule is CCOC(=O)[C@H]1CCCN(C(=O)c2ccc(Br)s2)C1. The Balaban J connectivity index is 2.01. The first-order valence-electron chi connectivity index (χ1n) is 6.33. The number of ether oxygens (including phenoxy) is 1. The molecule has 1 aliphatic rings. The van der Waals surface area contributed by atoms with E-state index >= 15 is 0 Å². The Hall–Kier alpha value is -0.880. The maximum atomic E-state index is 12.3. The van der Waals surface area contributed by atoms with Crippen molar-refractivity contribution >= 4 is 39.1 Å². The van der Waals surface area contributed by atoms with E-state index in [1.165, 1.54) is 11.3 Å². The van der Waals surface area contributed by atoms with Gasteiger partial charge in [-0.2, -0.15) is 0 Å². The zero-order valence-corrected chi connectivity index (χ0v) is 13.1. The number of piperidine rings is 1.